The lowest BCUT2D eigenvalue weighted by atomic mass is 10.0. The fourth-order valence-corrected chi connectivity index (χ4v) is 2.14. The second-order valence-electron chi connectivity index (χ2n) is 4.83. The van der Waals surface area contributed by atoms with Gasteiger partial charge in [0.05, 0.1) is 6.10 Å². The van der Waals surface area contributed by atoms with Crippen molar-refractivity contribution in [1.82, 2.24) is 4.90 Å². The maximum Gasteiger partial charge on any atom is 0.323 e. The number of carbonyl (C=O) groups excluding carboxylic acids is 1. The molecule has 3 nitrogen and oxygen atoms in total. The first-order chi connectivity index (χ1) is 7.02. The molecule has 0 radical (unpaired) electrons. The molecule has 0 spiro atoms. The lowest BCUT2D eigenvalue weighted by molar-refractivity contribution is -0.156. The Labute approximate surface area is 92.8 Å². The summed E-state index contributed by atoms with van der Waals surface area (Å²) in [5.74, 6) is -0.0431. The molecule has 0 unspecified atom stereocenters. The van der Waals surface area contributed by atoms with Crippen molar-refractivity contribution in [3.63, 3.8) is 0 Å². The highest BCUT2D eigenvalue weighted by atomic mass is 16.5. The van der Waals surface area contributed by atoms with Gasteiger partial charge in [0.25, 0.3) is 0 Å². The van der Waals surface area contributed by atoms with Crippen LogP contribution in [-0.2, 0) is 9.53 Å². The van der Waals surface area contributed by atoms with Gasteiger partial charge in [0.15, 0.2) is 0 Å². The minimum Gasteiger partial charge on any atom is -0.462 e. The first kappa shape index (κ1) is 12.5. The number of esters is 1. The van der Waals surface area contributed by atoms with Gasteiger partial charge in [-0.3, -0.25) is 9.69 Å². The van der Waals surface area contributed by atoms with Crippen molar-refractivity contribution in [1.29, 1.82) is 0 Å². The summed E-state index contributed by atoms with van der Waals surface area (Å²) in [5, 5.41) is 0. The van der Waals surface area contributed by atoms with Gasteiger partial charge in [-0.25, -0.2) is 0 Å². The molecule has 1 heterocycles. The van der Waals surface area contributed by atoms with E-state index in [9.17, 15) is 4.79 Å². The lowest BCUT2D eigenvalue weighted by Gasteiger charge is -2.37. The molecule has 1 saturated heterocycles. The van der Waals surface area contributed by atoms with Gasteiger partial charge in [0.2, 0.25) is 0 Å². The van der Waals surface area contributed by atoms with Crippen LogP contribution in [-0.4, -0.2) is 35.6 Å². The normalized spacial score (nSPS) is 23.5. The van der Waals surface area contributed by atoms with Crippen LogP contribution >= 0.6 is 0 Å². The summed E-state index contributed by atoms with van der Waals surface area (Å²) in [5.41, 5.74) is 0. The number of ether oxygens (including phenoxy) is 1. The zero-order chi connectivity index (χ0) is 11.4. The zero-order valence-electron chi connectivity index (χ0n) is 10.3. The van der Waals surface area contributed by atoms with Crippen molar-refractivity contribution in [2.45, 2.75) is 65.1 Å². The molecule has 1 aliphatic heterocycles. The second-order valence-corrected chi connectivity index (χ2v) is 4.83. The van der Waals surface area contributed by atoms with Crippen LogP contribution in [0.15, 0.2) is 0 Å². The number of piperidine rings is 1. The number of likely N-dealkylation sites (tertiary alicyclic amines) is 1. The smallest absolute Gasteiger partial charge is 0.323 e. The Morgan fingerprint density at radius 2 is 1.93 bits per heavy atom. The summed E-state index contributed by atoms with van der Waals surface area (Å²) in [6, 6.07) is 0.413. The Hall–Kier alpha value is -0.570. The third-order valence-electron chi connectivity index (χ3n) is 2.83. The quantitative estimate of drug-likeness (QED) is 0.673. The fraction of sp³-hybridized carbons (Fsp3) is 0.917. The lowest BCUT2D eigenvalue weighted by Crippen LogP contribution is -2.49. The van der Waals surface area contributed by atoms with Gasteiger partial charge in [-0.2, -0.15) is 0 Å². The van der Waals surface area contributed by atoms with Crippen LogP contribution in [0.2, 0.25) is 0 Å². The maximum atomic E-state index is 11.9. The summed E-state index contributed by atoms with van der Waals surface area (Å²) < 4.78 is 5.29. The zero-order valence-corrected chi connectivity index (χ0v) is 10.3. The van der Waals surface area contributed by atoms with Crippen LogP contribution in [0.1, 0.15) is 47.0 Å². The Balaban J connectivity index is 2.59. The van der Waals surface area contributed by atoms with Crippen LogP contribution in [0.3, 0.4) is 0 Å². The summed E-state index contributed by atoms with van der Waals surface area (Å²) in [6.45, 7) is 9.11. The maximum absolute atomic E-state index is 11.9. The van der Waals surface area contributed by atoms with Crippen molar-refractivity contribution in [2.24, 2.45) is 0 Å². The van der Waals surface area contributed by atoms with Crippen LogP contribution in [0.5, 0.6) is 0 Å². The molecule has 0 aromatic carbocycles. The molecular weight excluding hydrogens is 190 g/mol. The largest absolute Gasteiger partial charge is 0.462 e. The number of hydrogen-bond acceptors (Lipinski definition) is 3. The van der Waals surface area contributed by atoms with Gasteiger partial charge in [0, 0.05) is 6.04 Å². The highest BCUT2D eigenvalue weighted by Gasteiger charge is 2.31. The SMILES string of the molecule is CC(C)OC(=O)[C@H]1CCCCN1C(C)C. The van der Waals surface area contributed by atoms with Gasteiger partial charge in [-0.1, -0.05) is 6.42 Å². The highest BCUT2D eigenvalue weighted by Crippen LogP contribution is 2.20. The van der Waals surface area contributed by atoms with E-state index in [1.807, 2.05) is 13.8 Å². The molecule has 1 rings (SSSR count). The van der Waals surface area contributed by atoms with Gasteiger partial charge in [0.1, 0.15) is 6.04 Å². The van der Waals surface area contributed by atoms with Crippen molar-refractivity contribution in [2.75, 3.05) is 6.54 Å². The molecule has 0 amide bonds. The predicted molar refractivity (Wildman–Crippen MR) is 60.7 cm³/mol. The summed E-state index contributed by atoms with van der Waals surface area (Å²) in [6.07, 6.45) is 3.28. The van der Waals surface area contributed by atoms with Crippen molar-refractivity contribution >= 4 is 5.97 Å². The monoisotopic (exact) mass is 213 g/mol. The van der Waals surface area contributed by atoms with Crippen LogP contribution in [0.4, 0.5) is 0 Å². The van der Waals surface area contributed by atoms with E-state index in [1.165, 1.54) is 6.42 Å². The topological polar surface area (TPSA) is 29.5 Å². The average Bonchev–Trinajstić information content (AvgIpc) is 2.16. The van der Waals surface area contributed by atoms with E-state index in [-0.39, 0.29) is 18.1 Å². The summed E-state index contributed by atoms with van der Waals surface area (Å²) in [4.78, 5) is 14.1. The molecule has 0 bridgehead atoms. The number of carbonyl (C=O) groups is 1. The number of hydrogen-bond donors (Lipinski definition) is 0. The van der Waals surface area contributed by atoms with E-state index in [2.05, 4.69) is 18.7 Å². The van der Waals surface area contributed by atoms with Crippen molar-refractivity contribution in [3.05, 3.63) is 0 Å². The second kappa shape index (κ2) is 5.50. The number of rotatable bonds is 3. The van der Waals surface area contributed by atoms with Crippen LogP contribution in [0, 0.1) is 0 Å². The first-order valence-electron chi connectivity index (χ1n) is 5.98. The highest BCUT2D eigenvalue weighted by molar-refractivity contribution is 5.76. The Morgan fingerprint density at radius 1 is 1.27 bits per heavy atom. The van der Waals surface area contributed by atoms with Gasteiger partial charge in [-0.05, 0) is 47.1 Å². The average molecular weight is 213 g/mol. The minimum atomic E-state index is -0.0431. The third kappa shape index (κ3) is 3.49. The Kier molecular flexibility index (Phi) is 4.58. The summed E-state index contributed by atoms with van der Waals surface area (Å²) in [7, 11) is 0. The summed E-state index contributed by atoms with van der Waals surface area (Å²) >= 11 is 0. The molecule has 1 atom stereocenters. The van der Waals surface area contributed by atoms with Crippen molar-refractivity contribution in [3.8, 4) is 0 Å². The van der Waals surface area contributed by atoms with E-state index in [0.717, 1.165) is 19.4 Å². The number of nitrogens with zero attached hydrogens (tertiary/aromatic N) is 1. The van der Waals surface area contributed by atoms with Gasteiger partial charge >= 0.3 is 5.97 Å². The van der Waals surface area contributed by atoms with E-state index in [4.69, 9.17) is 4.74 Å². The Morgan fingerprint density at radius 3 is 2.47 bits per heavy atom. The van der Waals surface area contributed by atoms with Gasteiger partial charge < -0.3 is 4.74 Å². The Bertz CT molecular complexity index is 214. The molecule has 0 aromatic heterocycles. The minimum absolute atomic E-state index is 0.00608. The molecule has 1 aliphatic rings. The van der Waals surface area contributed by atoms with Gasteiger partial charge in [-0.15, -0.1) is 0 Å². The molecule has 0 aromatic rings. The molecule has 0 saturated carbocycles. The fourth-order valence-electron chi connectivity index (χ4n) is 2.14. The predicted octanol–water partition coefficient (Wildman–Crippen LogP) is 2.20. The van der Waals surface area contributed by atoms with Crippen LogP contribution < -0.4 is 0 Å². The molecule has 0 aliphatic carbocycles. The first-order valence-corrected chi connectivity index (χ1v) is 5.98. The standard InChI is InChI=1S/C12H23NO2/c1-9(2)13-8-6-5-7-11(13)12(14)15-10(3)4/h9-11H,5-8H2,1-4H3/t11-/m1/s1. The molecule has 1 fully saturated rings. The van der Waals surface area contributed by atoms with E-state index >= 15 is 0 Å². The van der Waals surface area contributed by atoms with Crippen LogP contribution in [0.25, 0.3) is 0 Å². The van der Waals surface area contributed by atoms with E-state index in [1.54, 1.807) is 0 Å². The molecule has 88 valence electrons. The van der Waals surface area contributed by atoms with Crippen molar-refractivity contribution < 1.29 is 9.53 Å². The third-order valence-corrected chi connectivity index (χ3v) is 2.83. The van der Waals surface area contributed by atoms with E-state index < -0.39 is 0 Å². The molecule has 3 heteroatoms. The molecule has 0 N–H and O–H groups in total. The molecule has 15 heavy (non-hydrogen) atoms. The molecular formula is C12H23NO2. The van der Waals surface area contributed by atoms with E-state index in [0.29, 0.717) is 6.04 Å².